The Morgan fingerprint density at radius 1 is 1.04 bits per heavy atom. The fourth-order valence-corrected chi connectivity index (χ4v) is 2.62. The summed E-state index contributed by atoms with van der Waals surface area (Å²) in [5.74, 6) is 0.832. The second kappa shape index (κ2) is 7.09. The van der Waals surface area contributed by atoms with E-state index in [0.717, 1.165) is 37.8 Å². The van der Waals surface area contributed by atoms with Crippen LogP contribution in [0.5, 0.6) is 0 Å². The van der Waals surface area contributed by atoms with E-state index < -0.39 is 0 Å². The van der Waals surface area contributed by atoms with Gasteiger partial charge in [0, 0.05) is 56.4 Å². The zero-order valence-corrected chi connectivity index (χ0v) is 13.3. The predicted octanol–water partition coefficient (Wildman–Crippen LogP) is 2.15. The Morgan fingerprint density at radius 2 is 1.65 bits per heavy atom. The molecule has 1 saturated heterocycles. The molecule has 1 aromatic heterocycles. The van der Waals surface area contributed by atoms with Gasteiger partial charge in [0.1, 0.15) is 0 Å². The Labute approximate surface area is 136 Å². The van der Waals surface area contributed by atoms with Gasteiger partial charge in [-0.3, -0.25) is 4.79 Å². The van der Waals surface area contributed by atoms with Crippen molar-refractivity contribution in [2.24, 2.45) is 0 Å². The molecule has 3 rings (SSSR count). The highest BCUT2D eigenvalue weighted by atomic mass is 16.1. The summed E-state index contributed by atoms with van der Waals surface area (Å²) in [6.45, 7) is 5.51. The van der Waals surface area contributed by atoms with Gasteiger partial charge in [-0.25, -0.2) is 9.97 Å². The summed E-state index contributed by atoms with van der Waals surface area (Å²) in [7, 11) is 0. The summed E-state index contributed by atoms with van der Waals surface area (Å²) in [6.07, 6.45) is 4.04. The van der Waals surface area contributed by atoms with Crippen LogP contribution >= 0.6 is 0 Å². The third kappa shape index (κ3) is 3.77. The molecular formula is C17H21N5O. The number of anilines is 3. The Kier molecular flexibility index (Phi) is 4.71. The van der Waals surface area contributed by atoms with E-state index in [9.17, 15) is 4.79 Å². The first kappa shape index (κ1) is 15.3. The SMILES string of the molecule is CCC(=O)Nc1ccc(N2CCN(c3ncccn3)CC2)cc1. The lowest BCUT2D eigenvalue weighted by Gasteiger charge is -2.36. The van der Waals surface area contributed by atoms with Crippen LogP contribution in [-0.4, -0.2) is 42.1 Å². The van der Waals surface area contributed by atoms with Crippen molar-refractivity contribution in [2.45, 2.75) is 13.3 Å². The summed E-state index contributed by atoms with van der Waals surface area (Å²) in [6, 6.07) is 9.85. The van der Waals surface area contributed by atoms with Crippen LogP contribution in [0.15, 0.2) is 42.7 Å². The van der Waals surface area contributed by atoms with E-state index in [1.807, 2.05) is 25.1 Å². The normalized spacial score (nSPS) is 14.7. The molecule has 0 radical (unpaired) electrons. The van der Waals surface area contributed by atoms with Crippen LogP contribution in [0.25, 0.3) is 0 Å². The molecule has 120 valence electrons. The van der Waals surface area contributed by atoms with Crippen molar-refractivity contribution in [3.8, 4) is 0 Å². The molecule has 0 saturated carbocycles. The maximum absolute atomic E-state index is 11.4. The molecular weight excluding hydrogens is 290 g/mol. The quantitative estimate of drug-likeness (QED) is 0.937. The number of aromatic nitrogens is 2. The highest BCUT2D eigenvalue weighted by Crippen LogP contribution is 2.20. The fraction of sp³-hybridized carbons (Fsp3) is 0.353. The van der Waals surface area contributed by atoms with Crippen LogP contribution in [0, 0.1) is 0 Å². The van der Waals surface area contributed by atoms with Gasteiger partial charge in [0.15, 0.2) is 0 Å². The first-order chi connectivity index (χ1) is 11.3. The third-order valence-corrected chi connectivity index (χ3v) is 3.95. The lowest BCUT2D eigenvalue weighted by atomic mass is 10.2. The minimum atomic E-state index is 0.0363. The van der Waals surface area contributed by atoms with Gasteiger partial charge < -0.3 is 15.1 Å². The molecule has 0 atom stereocenters. The van der Waals surface area contributed by atoms with Gasteiger partial charge in [0.2, 0.25) is 11.9 Å². The van der Waals surface area contributed by atoms with Crippen molar-refractivity contribution < 1.29 is 4.79 Å². The van der Waals surface area contributed by atoms with Crippen molar-refractivity contribution in [1.82, 2.24) is 9.97 Å². The number of amides is 1. The van der Waals surface area contributed by atoms with Gasteiger partial charge in [-0.1, -0.05) is 6.92 Å². The number of rotatable bonds is 4. The maximum Gasteiger partial charge on any atom is 0.225 e. The zero-order valence-electron chi connectivity index (χ0n) is 13.3. The molecule has 23 heavy (non-hydrogen) atoms. The molecule has 1 amide bonds. The van der Waals surface area contributed by atoms with Crippen molar-refractivity contribution in [1.29, 1.82) is 0 Å². The number of hydrogen-bond acceptors (Lipinski definition) is 5. The largest absolute Gasteiger partial charge is 0.368 e. The lowest BCUT2D eigenvalue weighted by molar-refractivity contribution is -0.115. The van der Waals surface area contributed by atoms with Gasteiger partial charge in [-0.2, -0.15) is 0 Å². The number of hydrogen-bond donors (Lipinski definition) is 1. The van der Waals surface area contributed by atoms with Crippen LogP contribution < -0.4 is 15.1 Å². The van der Waals surface area contributed by atoms with E-state index >= 15 is 0 Å². The number of nitrogens with zero attached hydrogens (tertiary/aromatic N) is 4. The topological polar surface area (TPSA) is 61.4 Å². The molecule has 0 unspecified atom stereocenters. The Morgan fingerprint density at radius 3 is 2.26 bits per heavy atom. The molecule has 0 spiro atoms. The molecule has 0 bridgehead atoms. The third-order valence-electron chi connectivity index (χ3n) is 3.95. The molecule has 1 aliphatic heterocycles. The zero-order chi connectivity index (χ0) is 16.1. The summed E-state index contributed by atoms with van der Waals surface area (Å²) < 4.78 is 0. The maximum atomic E-state index is 11.4. The monoisotopic (exact) mass is 311 g/mol. The molecule has 1 aromatic carbocycles. The van der Waals surface area contributed by atoms with Crippen LogP contribution in [0.1, 0.15) is 13.3 Å². The summed E-state index contributed by atoms with van der Waals surface area (Å²) in [4.78, 5) is 24.5. The van der Waals surface area contributed by atoms with Crippen molar-refractivity contribution >= 4 is 23.2 Å². The van der Waals surface area contributed by atoms with E-state index in [4.69, 9.17) is 0 Å². The summed E-state index contributed by atoms with van der Waals surface area (Å²) >= 11 is 0. The Hall–Kier alpha value is -2.63. The molecule has 6 heteroatoms. The number of carbonyl (C=O) groups excluding carboxylic acids is 1. The average molecular weight is 311 g/mol. The molecule has 6 nitrogen and oxygen atoms in total. The number of benzene rings is 1. The number of piperazine rings is 1. The van der Waals surface area contributed by atoms with Crippen molar-refractivity contribution in [3.05, 3.63) is 42.7 Å². The lowest BCUT2D eigenvalue weighted by Crippen LogP contribution is -2.47. The molecule has 0 aliphatic carbocycles. The molecule has 1 N–H and O–H groups in total. The van der Waals surface area contributed by atoms with Crippen LogP contribution in [-0.2, 0) is 4.79 Å². The highest BCUT2D eigenvalue weighted by molar-refractivity contribution is 5.90. The first-order valence-electron chi connectivity index (χ1n) is 7.93. The molecule has 2 aromatic rings. The summed E-state index contributed by atoms with van der Waals surface area (Å²) in [5.41, 5.74) is 2.02. The Balaban J connectivity index is 1.58. The highest BCUT2D eigenvalue weighted by Gasteiger charge is 2.18. The van der Waals surface area contributed by atoms with Crippen molar-refractivity contribution in [3.63, 3.8) is 0 Å². The Bertz CT molecular complexity index is 636. The number of carbonyl (C=O) groups is 1. The smallest absolute Gasteiger partial charge is 0.225 e. The van der Waals surface area contributed by atoms with Gasteiger partial charge in [0.05, 0.1) is 0 Å². The van der Waals surface area contributed by atoms with E-state index in [1.165, 1.54) is 5.69 Å². The standard InChI is InChI=1S/C17H21N5O/c1-2-16(23)20-14-4-6-15(7-5-14)21-10-12-22(13-11-21)17-18-8-3-9-19-17/h3-9H,2,10-13H2,1H3,(H,20,23). The fourth-order valence-electron chi connectivity index (χ4n) is 2.62. The van der Waals surface area contributed by atoms with Crippen LogP contribution in [0.2, 0.25) is 0 Å². The van der Waals surface area contributed by atoms with Gasteiger partial charge >= 0.3 is 0 Å². The van der Waals surface area contributed by atoms with Gasteiger partial charge in [-0.05, 0) is 30.3 Å². The minimum Gasteiger partial charge on any atom is -0.368 e. The predicted molar refractivity (Wildman–Crippen MR) is 91.8 cm³/mol. The molecule has 1 fully saturated rings. The van der Waals surface area contributed by atoms with Crippen LogP contribution in [0.3, 0.4) is 0 Å². The first-order valence-corrected chi connectivity index (χ1v) is 7.93. The average Bonchev–Trinajstić information content (AvgIpc) is 2.63. The minimum absolute atomic E-state index is 0.0363. The second-order valence-corrected chi connectivity index (χ2v) is 5.47. The van der Waals surface area contributed by atoms with E-state index in [0.29, 0.717) is 6.42 Å². The second-order valence-electron chi connectivity index (χ2n) is 5.47. The van der Waals surface area contributed by atoms with E-state index in [1.54, 1.807) is 12.4 Å². The summed E-state index contributed by atoms with van der Waals surface area (Å²) in [5, 5.41) is 2.87. The van der Waals surface area contributed by atoms with Gasteiger partial charge in [-0.15, -0.1) is 0 Å². The van der Waals surface area contributed by atoms with Gasteiger partial charge in [0.25, 0.3) is 0 Å². The van der Waals surface area contributed by atoms with E-state index in [2.05, 4.69) is 37.2 Å². The van der Waals surface area contributed by atoms with Crippen LogP contribution in [0.4, 0.5) is 17.3 Å². The molecule has 1 aliphatic rings. The molecule has 2 heterocycles. The van der Waals surface area contributed by atoms with Crippen molar-refractivity contribution in [2.75, 3.05) is 41.3 Å². The number of nitrogens with one attached hydrogen (secondary N) is 1. The van der Waals surface area contributed by atoms with E-state index in [-0.39, 0.29) is 5.91 Å².